The van der Waals surface area contributed by atoms with E-state index in [0.717, 1.165) is 31.5 Å². The first-order chi connectivity index (χ1) is 12.0. The Kier molecular flexibility index (Phi) is 5.21. The number of benzene rings is 1. The second-order valence-electron chi connectivity index (χ2n) is 7.10. The van der Waals surface area contributed by atoms with Crippen LogP contribution in [-0.2, 0) is 9.59 Å². The second kappa shape index (κ2) is 7.38. The van der Waals surface area contributed by atoms with Crippen molar-refractivity contribution in [2.24, 2.45) is 5.92 Å². The minimum absolute atomic E-state index is 0.00283. The van der Waals surface area contributed by atoms with Crippen LogP contribution in [0.25, 0.3) is 0 Å². The van der Waals surface area contributed by atoms with Gasteiger partial charge in [0.1, 0.15) is 0 Å². The number of ketones is 1. The van der Waals surface area contributed by atoms with Gasteiger partial charge in [-0.15, -0.1) is 0 Å². The lowest BCUT2D eigenvalue weighted by atomic mass is 9.97. The summed E-state index contributed by atoms with van der Waals surface area (Å²) in [5.41, 5.74) is 1.39. The zero-order valence-corrected chi connectivity index (χ0v) is 15.0. The molecule has 0 bridgehead atoms. The molecule has 2 aliphatic heterocycles. The minimum atomic E-state index is -0.257. The van der Waals surface area contributed by atoms with Crippen molar-refractivity contribution in [2.75, 3.05) is 18.0 Å². The molecule has 5 heteroatoms. The predicted octanol–water partition coefficient (Wildman–Crippen LogP) is 3.03. The first-order valence-electron chi connectivity index (χ1n) is 9.23. The molecule has 1 aromatic rings. The molecule has 3 rings (SSSR count). The highest BCUT2D eigenvalue weighted by atomic mass is 16.2. The van der Waals surface area contributed by atoms with E-state index in [0.29, 0.717) is 18.2 Å². The Morgan fingerprint density at radius 1 is 1.16 bits per heavy atom. The number of hydrogen-bond donors (Lipinski definition) is 0. The summed E-state index contributed by atoms with van der Waals surface area (Å²) in [6.45, 7) is 4.89. The first-order valence-corrected chi connectivity index (χ1v) is 9.23. The minimum Gasteiger partial charge on any atom is -0.339 e. The number of piperidine rings is 1. The normalized spacial score (nSPS) is 23.8. The van der Waals surface area contributed by atoms with Crippen LogP contribution in [0.5, 0.6) is 0 Å². The maximum atomic E-state index is 12.9. The van der Waals surface area contributed by atoms with Gasteiger partial charge in [0.15, 0.2) is 5.78 Å². The quantitative estimate of drug-likeness (QED) is 0.790. The molecule has 2 heterocycles. The standard InChI is InChI=1S/C20H26N2O3/c1-3-17-6-4-5-11-21(17)20(25)16-12-19(24)22(13-16)18-9-7-15(8-10-18)14(2)23/h7-10,16-17H,3-6,11-13H2,1-2H3. The summed E-state index contributed by atoms with van der Waals surface area (Å²) in [6, 6.07) is 7.37. The lowest BCUT2D eigenvalue weighted by Gasteiger charge is -2.36. The van der Waals surface area contributed by atoms with Crippen LogP contribution in [0.15, 0.2) is 24.3 Å². The molecule has 5 nitrogen and oxygen atoms in total. The van der Waals surface area contributed by atoms with Crippen molar-refractivity contribution in [1.82, 2.24) is 4.90 Å². The Hall–Kier alpha value is -2.17. The Morgan fingerprint density at radius 2 is 1.88 bits per heavy atom. The number of anilines is 1. The lowest BCUT2D eigenvalue weighted by molar-refractivity contribution is -0.139. The molecule has 0 aliphatic carbocycles. The SMILES string of the molecule is CCC1CCCCN1C(=O)C1CC(=O)N(c2ccc(C(C)=O)cc2)C1. The van der Waals surface area contributed by atoms with E-state index >= 15 is 0 Å². The summed E-state index contributed by atoms with van der Waals surface area (Å²) in [7, 11) is 0. The molecular weight excluding hydrogens is 316 g/mol. The Morgan fingerprint density at radius 3 is 2.52 bits per heavy atom. The molecule has 2 fully saturated rings. The van der Waals surface area contributed by atoms with Gasteiger partial charge >= 0.3 is 0 Å². The van der Waals surface area contributed by atoms with E-state index in [9.17, 15) is 14.4 Å². The highest BCUT2D eigenvalue weighted by Crippen LogP contribution is 2.29. The summed E-state index contributed by atoms with van der Waals surface area (Å²) < 4.78 is 0. The monoisotopic (exact) mass is 342 g/mol. The molecule has 2 atom stereocenters. The van der Waals surface area contributed by atoms with Gasteiger partial charge in [-0.1, -0.05) is 6.92 Å². The lowest BCUT2D eigenvalue weighted by Crippen LogP contribution is -2.46. The number of hydrogen-bond acceptors (Lipinski definition) is 3. The molecule has 2 unspecified atom stereocenters. The van der Waals surface area contributed by atoms with Gasteiger partial charge < -0.3 is 9.80 Å². The molecular formula is C20H26N2O3. The summed E-state index contributed by atoms with van der Waals surface area (Å²) in [6.07, 6.45) is 4.56. The number of rotatable bonds is 4. The van der Waals surface area contributed by atoms with E-state index in [-0.39, 0.29) is 29.9 Å². The molecule has 0 saturated carbocycles. The third-order valence-corrected chi connectivity index (χ3v) is 5.44. The third-order valence-electron chi connectivity index (χ3n) is 5.44. The van der Waals surface area contributed by atoms with Crippen LogP contribution in [0.1, 0.15) is 56.3 Å². The van der Waals surface area contributed by atoms with Crippen molar-refractivity contribution in [3.8, 4) is 0 Å². The second-order valence-corrected chi connectivity index (χ2v) is 7.10. The molecule has 0 radical (unpaired) electrons. The van der Waals surface area contributed by atoms with Crippen LogP contribution in [0.2, 0.25) is 0 Å². The largest absolute Gasteiger partial charge is 0.339 e. The van der Waals surface area contributed by atoms with E-state index in [1.165, 1.54) is 13.3 Å². The Labute approximate surface area is 149 Å². The van der Waals surface area contributed by atoms with Crippen LogP contribution in [0.4, 0.5) is 5.69 Å². The van der Waals surface area contributed by atoms with Crippen LogP contribution in [-0.4, -0.2) is 41.6 Å². The van der Waals surface area contributed by atoms with Crippen LogP contribution in [0, 0.1) is 5.92 Å². The number of likely N-dealkylation sites (tertiary alicyclic amines) is 1. The maximum absolute atomic E-state index is 12.9. The number of nitrogens with zero attached hydrogens (tertiary/aromatic N) is 2. The van der Waals surface area contributed by atoms with Crippen molar-refractivity contribution in [3.63, 3.8) is 0 Å². The fourth-order valence-corrected chi connectivity index (χ4v) is 3.95. The molecule has 2 saturated heterocycles. The number of Topliss-reactive ketones (excluding diaryl/α,β-unsaturated/α-hetero) is 1. The average Bonchev–Trinajstić information content (AvgIpc) is 3.02. The first kappa shape index (κ1) is 17.6. The highest BCUT2D eigenvalue weighted by molar-refractivity contribution is 6.01. The highest BCUT2D eigenvalue weighted by Gasteiger charge is 2.39. The summed E-state index contributed by atoms with van der Waals surface area (Å²) in [4.78, 5) is 40.4. The van der Waals surface area contributed by atoms with Gasteiger partial charge in [0.05, 0.1) is 5.92 Å². The molecule has 134 valence electrons. The van der Waals surface area contributed by atoms with E-state index < -0.39 is 0 Å². The Bertz CT molecular complexity index is 668. The molecule has 25 heavy (non-hydrogen) atoms. The number of carbonyl (C=O) groups is 3. The molecule has 0 spiro atoms. The van der Waals surface area contributed by atoms with Crippen LogP contribution >= 0.6 is 0 Å². The van der Waals surface area contributed by atoms with Gasteiger partial charge in [0, 0.05) is 36.8 Å². The van der Waals surface area contributed by atoms with Gasteiger partial charge in [-0.25, -0.2) is 0 Å². The fourth-order valence-electron chi connectivity index (χ4n) is 3.95. The molecule has 0 aromatic heterocycles. The predicted molar refractivity (Wildman–Crippen MR) is 96.5 cm³/mol. The van der Waals surface area contributed by atoms with Crippen LogP contribution < -0.4 is 4.90 Å². The van der Waals surface area contributed by atoms with Crippen molar-refractivity contribution >= 4 is 23.3 Å². The van der Waals surface area contributed by atoms with E-state index in [4.69, 9.17) is 0 Å². The van der Waals surface area contributed by atoms with E-state index in [1.54, 1.807) is 29.2 Å². The van der Waals surface area contributed by atoms with Crippen molar-refractivity contribution in [2.45, 2.75) is 52.0 Å². The van der Waals surface area contributed by atoms with E-state index in [2.05, 4.69) is 6.92 Å². The van der Waals surface area contributed by atoms with E-state index in [1.807, 2.05) is 4.90 Å². The molecule has 2 amide bonds. The van der Waals surface area contributed by atoms with Gasteiger partial charge in [0.25, 0.3) is 0 Å². The zero-order valence-electron chi connectivity index (χ0n) is 15.0. The topological polar surface area (TPSA) is 57.7 Å². The smallest absolute Gasteiger partial charge is 0.228 e. The fraction of sp³-hybridized carbons (Fsp3) is 0.550. The maximum Gasteiger partial charge on any atom is 0.228 e. The third kappa shape index (κ3) is 3.60. The number of carbonyl (C=O) groups excluding carboxylic acids is 3. The van der Waals surface area contributed by atoms with Crippen molar-refractivity contribution in [3.05, 3.63) is 29.8 Å². The molecule has 0 N–H and O–H groups in total. The number of amides is 2. The average molecular weight is 342 g/mol. The van der Waals surface area contributed by atoms with Gasteiger partial charge in [-0.05, 0) is 56.9 Å². The van der Waals surface area contributed by atoms with Crippen LogP contribution in [0.3, 0.4) is 0 Å². The molecule has 2 aliphatic rings. The van der Waals surface area contributed by atoms with Gasteiger partial charge in [-0.3, -0.25) is 14.4 Å². The summed E-state index contributed by atoms with van der Waals surface area (Å²) >= 11 is 0. The zero-order chi connectivity index (χ0) is 18.0. The van der Waals surface area contributed by atoms with Crippen molar-refractivity contribution in [1.29, 1.82) is 0 Å². The van der Waals surface area contributed by atoms with Gasteiger partial charge in [-0.2, -0.15) is 0 Å². The van der Waals surface area contributed by atoms with Gasteiger partial charge in [0.2, 0.25) is 11.8 Å². The summed E-state index contributed by atoms with van der Waals surface area (Å²) in [5.74, 6) is -0.142. The molecule has 1 aromatic carbocycles. The Balaban J connectivity index is 1.71. The summed E-state index contributed by atoms with van der Waals surface area (Å²) in [5, 5.41) is 0. The van der Waals surface area contributed by atoms with Crippen molar-refractivity contribution < 1.29 is 14.4 Å².